The Kier molecular flexibility index (Phi) is 3.81. The summed E-state index contributed by atoms with van der Waals surface area (Å²) in [5.74, 6) is -0.161. The molecule has 4 nitrogen and oxygen atoms in total. The SMILES string of the molecule is Cc1ccc(CS(=O)(=O)c2c(C)ccc[n+]2[O-])c(C)c1. The van der Waals surface area contributed by atoms with Crippen molar-refractivity contribution in [2.75, 3.05) is 0 Å². The molecule has 0 aliphatic heterocycles. The quantitative estimate of drug-likeness (QED) is 0.643. The number of pyridine rings is 1. The molecular formula is C15H17NO3S. The molecule has 20 heavy (non-hydrogen) atoms. The molecule has 2 aromatic rings. The molecule has 1 heterocycles. The number of rotatable bonds is 3. The zero-order valence-electron chi connectivity index (χ0n) is 11.8. The number of benzene rings is 1. The highest BCUT2D eigenvalue weighted by atomic mass is 32.2. The summed E-state index contributed by atoms with van der Waals surface area (Å²) in [7, 11) is -3.66. The van der Waals surface area contributed by atoms with E-state index < -0.39 is 9.84 Å². The Morgan fingerprint density at radius 1 is 1.10 bits per heavy atom. The first-order valence-electron chi connectivity index (χ1n) is 6.29. The van der Waals surface area contributed by atoms with Crippen molar-refractivity contribution in [2.24, 2.45) is 0 Å². The van der Waals surface area contributed by atoms with Gasteiger partial charge in [-0.3, -0.25) is 0 Å². The van der Waals surface area contributed by atoms with Gasteiger partial charge in [0.05, 0.1) is 5.75 Å². The van der Waals surface area contributed by atoms with E-state index in [9.17, 15) is 13.6 Å². The van der Waals surface area contributed by atoms with Crippen molar-refractivity contribution < 1.29 is 13.1 Å². The lowest BCUT2D eigenvalue weighted by atomic mass is 10.1. The van der Waals surface area contributed by atoms with Crippen LogP contribution in [-0.4, -0.2) is 8.42 Å². The third-order valence-electron chi connectivity index (χ3n) is 3.24. The highest BCUT2D eigenvalue weighted by molar-refractivity contribution is 7.90. The van der Waals surface area contributed by atoms with Gasteiger partial charge in [0.1, 0.15) is 0 Å². The first kappa shape index (κ1) is 14.5. The minimum Gasteiger partial charge on any atom is -0.618 e. The van der Waals surface area contributed by atoms with Crippen LogP contribution in [0, 0.1) is 26.0 Å². The van der Waals surface area contributed by atoms with E-state index in [2.05, 4.69) is 0 Å². The van der Waals surface area contributed by atoms with Gasteiger partial charge >= 0.3 is 5.03 Å². The molecule has 1 aromatic carbocycles. The molecule has 0 spiro atoms. The largest absolute Gasteiger partial charge is 0.618 e. The van der Waals surface area contributed by atoms with Crippen LogP contribution in [0.1, 0.15) is 22.3 Å². The Hall–Kier alpha value is -1.88. The van der Waals surface area contributed by atoms with Crippen molar-refractivity contribution in [1.82, 2.24) is 0 Å². The molecule has 0 aliphatic carbocycles. The number of hydrogen-bond donors (Lipinski definition) is 0. The summed E-state index contributed by atoms with van der Waals surface area (Å²) in [6, 6.07) is 8.78. The van der Waals surface area contributed by atoms with Crippen molar-refractivity contribution >= 4 is 9.84 Å². The Bertz CT molecular complexity index is 731. The summed E-state index contributed by atoms with van der Waals surface area (Å²) >= 11 is 0. The maximum absolute atomic E-state index is 12.5. The topological polar surface area (TPSA) is 61.1 Å². The van der Waals surface area contributed by atoms with Gasteiger partial charge < -0.3 is 5.21 Å². The van der Waals surface area contributed by atoms with Crippen LogP contribution in [-0.2, 0) is 15.6 Å². The summed E-state index contributed by atoms with van der Waals surface area (Å²) in [5, 5.41) is 11.6. The minimum absolute atomic E-state index is 0.161. The molecule has 0 unspecified atom stereocenters. The predicted octanol–water partition coefficient (Wildman–Crippen LogP) is 2.22. The number of aryl methyl sites for hydroxylation is 3. The number of hydrogen-bond acceptors (Lipinski definition) is 3. The van der Waals surface area contributed by atoms with E-state index in [1.807, 2.05) is 26.0 Å². The normalized spacial score (nSPS) is 11.6. The van der Waals surface area contributed by atoms with E-state index in [4.69, 9.17) is 0 Å². The monoisotopic (exact) mass is 291 g/mol. The molecule has 0 N–H and O–H groups in total. The fourth-order valence-electron chi connectivity index (χ4n) is 2.24. The van der Waals surface area contributed by atoms with Gasteiger partial charge in [0.2, 0.25) is 9.84 Å². The second kappa shape index (κ2) is 5.25. The zero-order valence-corrected chi connectivity index (χ0v) is 12.6. The first-order valence-corrected chi connectivity index (χ1v) is 7.94. The highest BCUT2D eigenvalue weighted by Gasteiger charge is 2.27. The summed E-state index contributed by atoms with van der Waals surface area (Å²) in [4.78, 5) is 0. The Morgan fingerprint density at radius 2 is 1.80 bits per heavy atom. The van der Waals surface area contributed by atoms with Gasteiger partial charge in [-0.15, -0.1) is 0 Å². The fraction of sp³-hybridized carbons (Fsp3) is 0.267. The predicted molar refractivity (Wildman–Crippen MR) is 76.9 cm³/mol. The Balaban J connectivity index is 2.46. The van der Waals surface area contributed by atoms with E-state index in [1.54, 1.807) is 25.1 Å². The van der Waals surface area contributed by atoms with Crippen LogP contribution >= 0.6 is 0 Å². The minimum atomic E-state index is -3.66. The smallest absolute Gasteiger partial charge is 0.311 e. The maximum atomic E-state index is 12.5. The lowest BCUT2D eigenvalue weighted by Gasteiger charge is -2.10. The molecule has 106 valence electrons. The second-order valence-corrected chi connectivity index (χ2v) is 6.92. The second-order valence-electron chi connectivity index (χ2n) is 5.01. The Labute approximate surface area is 119 Å². The van der Waals surface area contributed by atoms with Crippen LogP contribution in [0.5, 0.6) is 0 Å². The van der Waals surface area contributed by atoms with Crippen LogP contribution in [0.4, 0.5) is 0 Å². The molecule has 0 aliphatic rings. The van der Waals surface area contributed by atoms with E-state index in [0.717, 1.165) is 16.7 Å². The van der Waals surface area contributed by atoms with Gasteiger partial charge in [-0.25, -0.2) is 8.42 Å². The summed E-state index contributed by atoms with van der Waals surface area (Å²) in [6.45, 7) is 5.46. The molecule has 0 saturated carbocycles. The zero-order chi connectivity index (χ0) is 14.9. The summed E-state index contributed by atoms with van der Waals surface area (Å²) < 4.78 is 25.3. The average molecular weight is 291 g/mol. The van der Waals surface area contributed by atoms with Crippen LogP contribution in [0.25, 0.3) is 0 Å². The third kappa shape index (κ3) is 2.82. The van der Waals surface area contributed by atoms with Crippen LogP contribution < -0.4 is 4.73 Å². The molecule has 2 rings (SSSR count). The van der Waals surface area contributed by atoms with Gasteiger partial charge in [-0.2, -0.15) is 4.73 Å². The van der Waals surface area contributed by atoms with Gasteiger partial charge in [0.25, 0.3) is 0 Å². The van der Waals surface area contributed by atoms with E-state index in [1.165, 1.54) is 6.20 Å². The molecule has 5 heteroatoms. The molecule has 1 aromatic heterocycles. The standard InChI is InChI=1S/C15H17NO3S/c1-11-6-7-14(13(3)9-11)10-20(18,19)15-12(2)5-4-8-16(15)17/h4-9H,10H2,1-3H3. The average Bonchev–Trinajstić information content (AvgIpc) is 2.32. The first-order chi connectivity index (χ1) is 9.31. The molecule has 0 amide bonds. The van der Waals surface area contributed by atoms with E-state index >= 15 is 0 Å². The molecule has 0 saturated heterocycles. The third-order valence-corrected chi connectivity index (χ3v) is 5.03. The van der Waals surface area contributed by atoms with Crippen LogP contribution in [0.3, 0.4) is 0 Å². The molecule has 0 fully saturated rings. The van der Waals surface area contributed by atoms with Crippen molar-refractivity contribution in [3.63, 3.8) is 0 Å². The Morgan fingerprint density at radius 3 is 2.40 bits per heavy atom. The highest BCUT2D eigenvalue weighted by Crippen LogP contribution is 2.19. The van der Waals surface area contributed by atoms with Crippen LogP contribution in [0.2, 0.25) is 0 Å². The summed E-state index contributed by atoms with van der Waals surface area (Å²) in [6.07, 6.45) is 1.21. The van der Waals surface area contributed by atoms with Crippen molar-refractivity contribution in [3.05, 3.63) is 64.0 Å². The summed E-state index contributed by atoms with van der Waals surface area (Å²) in [5.41, 5.74) is 3.18. The van der Waals surface area contributed by atoms with Crippen molar-refractivity contribution in [1.29, 1.82) is 0 Å². The number of sulfone groups is 1. The fourth-order valence-corrected chi connectivity index (χ4v) is 4.01. The molecule has 0 radical (unpaired) electrons. The molecule has 0 bridgehead atoms. The number of nitrogens with zero attached hydrogens (tertiary/aromatic N) is 1. The van der Waals surface area contributed by atoms with E-state index in [0.29, 0.717) is 10.3 Å². The molecular weight excluding hydrogens is 274 g/mol. The van der Waals surface area contributed by atoms with Gasteiger partial charge in [0, 0.05) is 11.6 Å². The van der Waals surface area contributed by atoms with Gasteiger partial charge in [-0.05, 0) is 38.0 Å². The van der Waals surface area contributed by atoms with Crippen molar-refractivity contribution in [2.45, 2.75) is 31.6 Å². The van der Waals surface area contributed by atoms with Gasteiger partial charge in [-0.1, -0.05) is 23.8 Å². The number of aromatic nitrogens is 1. The van der Waals surface area contributed by atoms with Gasteiger partial charge in [0.15, 0.2) is 6.20 Å². The van der Waals surface area contributed by atoms with Crippen molar-refractivity contribution in [3.8, 4) is 0 Å². The lowest BCUT2D eigenvalue weighted by molar-refractivity contribution is -0.647. The lowest BCUT2D eigenvalue weighted by Crippen LogP contribution is -2.35. The van der Waals surface area contributed by atoms with E-state index in [-0.39, 0.29) is 10.8 Å². The molecule has 0 atom stereocenters. The van der Waals surface area contributed by atoms with Crippen LogP contribution in [0.15, 0.2) is 41.6 Å². The maximum Gasteiger partial charge on any atom is 0.311 e.